The van der Waals surface area contributed by atoms with Gasteiger partial charge in [0.15, 0.2) is 12.5 Å². The summed E-state index contributed by atoms with van der Waals surface area (Å²) >= 11 is 0. The molecule has 1 aromatic carbocycles. The minimum atomic E-state index is -1.78. The molecule has 4 rings (SSSR count). The summed E-state index contributed by atoms with van der Waals surface area (Å²) in [5.41, 5.74) is 11.7. The van der Waals surface area contributed by atoms with Gasteiger partial charge in [-0.1, -0.05) is 44.7 Å². The van der Waals surface area contributed by atoms with Crippen molar-refractivity contribution in [3.05, 3.63) is 62.9 Å². The molecule has 1 aromatic heterocycles. The van der Waals surface area contributed by atoms with Crippen LogP contribution >= 0.6 is 0 Å². The van der Waals surface area contributed by atoms with E-state index in [4.69, 9.17) is 25.7 Å². The van der Waals surface area contributed by atoms with Crippen LogP contribution in [0.4, 0.5) is 5.69 Å². The third kappa shape index (κ3) is 10.3. The number of amides is 2. The van der Waals surface area contributed by atoms with Gasteiger partial charge in [-0.15, -0.1) is 0 Å². The number of primary amides is 1. The molecule has 3 heterocycles. The van der Waals surface area contributed by atoms with Crippen LogP contribution < -0.4 is 28.0 Å². The zero-order valence-corrected chi connectivity index (χ0v) is 29.0. The topological polar surface area (TPSA) is 265 Å². The van der Waals surface area contributed by atoms with E-state index < -0.39 is 78.4 Å². The number of nitrogens with two attached hydrogens (primary N) is 2. The van der Waals surface area contributed by atoms with E-state index in [9.17, 15) is 39.6 Å². The number of anilines is 1. The first-order valence-corrected chi connectivity index (χ1v) is 17.4. The molecule has 2 aliphatic rings. The number of likely N-dealkylation sites (N-methyl/N-ethyl adjacent to an activating group) is 1. The summed E-state index contributed by atoms with van der Waals surface area (Å²) in [5.74, 6) is -1.20. The van der Waals surface area contributed by atoms with Crippen molar-refractivity contribution in [2.45, 2.75) is 120 Å². The summed E-state index contributed by atoms with van der Waals surface area (Å²) in [7, 11) is 1.52. The number of nitrogens with zero attached hydrogens (tertiary/aromatic N) is 2. The summed E-state index contributed by atoms with van der Waals surface area (Å²) in [6.07, 6.45) is -5.47. The number of aromatic amines is 1. The molecule has 10 unspecified atom stereocenters. The van der Waals surface area contributed by atoms with Crippen LogP contribution in [0.5, 0.6) is 0 Å². The Balaban J connectivity index is 1.44. The fourth-order valence-electron chi connectivity index (χ4n) is 6.49. The number of benzene rings is 1. The molecular formula is C34H52N6O11. The molecule has 0 spiro atoms. The summed E-state index contributed by atoms with van der Waals surface area (Å²) in [6, 6.07) is 7.31. The van der Waals surface area contributed by atoms with Gasteiger partial charge in [0.25, 0.3) is 5.56 Å². The Labute approximate surface area is 295 Å². The van der Waals surface area contributed by atoms with E-state index in [-0.39, 0.29) is 31.8 Å². The van der Waals surface area contributed by atoms with Crippen LogP contribution in [0.25, 0.3) is 0 Å². The van der Waals surface area contributed by atoms with Gasteiger partial charge in [0.1, 0.15) is 48.8 Å². The Morgan fingerprint density at radius 2 is 1.69 bits per heavy atom. The third-order valence-corrected chi connectivity index (χ3v) is 9.37. The van der Waals surface area contributed by atoms with E-state index in [1.54, 1.807) is 0 Å². The summed E-state index contributed by atoms with van der Waals surface area (Å²) in [4.78, 5) is 53.5. The number of aryl methyl sites for hydroxylation is 1. The molecule has 0 radical (unpaired) electrons. The molecule has 2 aliphatic heterocycles. The van der Waals surface area contributed by atoms with Crippen molar-refractivity contribution in [3.8, 4) is 0 Å². The first kappa shape index (κ1) is 40.3. The van der Waals surface area contributed by atoms with E-state index in [1.165, 1.54) is 43.2 Å². The molecule has 0 bridgehead atoms. The maximum atomic E-state index is 13.0. The summed E-state index contributed by atoms with van der Waals surface area (Å²) in [6.45, 7) is 2.13. The predicted molar refractivity (Wildman–Crippen MR) is 184 cm³/mol. The number of unbranched alkanes of at least 4 members (excludes halogenated alkanes) is 4. The minimum absolute atomic E-state index is 0.0772. The molecule has 284 valence electrons. The number of rotatable bonds is 19. The largest absolute Gasteiger partial charge is 0.387 e. The number of aliphatic hydroxyl groups is 4. The van der Waals surface area contributed by atoms with Crippen molar-refractivity contribution in [3.63, 3.8) is 0 Å². The molecule has 51 heavy (non-hydrogen) atoms. The Bertz CT molecular complexity index is 1540. The highest BCUT2D eigenvalue weighted by atomic mass is 16.7. The molecule has 2 amide bonds. The second-order valence-electron chi connectivity index (χ2n) is 13.2. The Kier molecular flexibility index (Phi) is 14.9. The molecule has 10 N–H and O–H groups in total. The molecule has 10 atom stereocenters. The number of carbonyl (C=O) groups excluding carboxylic acids is 2. The zero-order valence-electron chi connectivity index (χ0n) is 29.0. The Morgan fingerprint density at radius 1 is 0.980 bits per heavy atom. The smallest absolute Gasteiger partial charge is 0.330 e. The maximum Gasteiger partial charge on any atom is 0.330 e. The molecule has 17 heteroatoms. The van der Waals surface area contributed by atoms with Gasteiger partial charge in [-0.3, -0.25) is 28.8 Å². The fraction of sp³-hybridized carbons (Fsp3) is 0.647. The monoisotopic (exact) mass is 720 g/mol. The van der Waals surface area contributed by atoms with Gasteiger partial charge in [-0.2, -0.15) is 0 Å². The first-order chi connectivity index (χ1) is 24.4. The Hall–Kier alpha value is -3.52. The molecule has 0 aliphatic carbocycles. The quantitative estimate of drug-likeness (QED) is 0.0783. The van der Waals surface area contributed by atoms with Gasteiger partial charge < -0.3 is 51.4 Å². The average molecular weight is 721 g/mol. The van der Waals surface area contributed by atoms with Crippen LogP contribution in [0.2, 0.25) is 0 Å². The number of hydrogen-bond acceptors (Lipinski definition) is 13. The lowest BCUT2D eigenvalue weighted by Crippen LogP contribution is -2.59. The van der Waals surface area contributed by atoms with Gasteiger partial charge in [-0.25, -0.2) is 4.79 Å². The van der Waals surface area contributed by atoms with Gasteiger partial charge in [0, 0.05) is 30.9 Å². The lowest BCUT2D eigenvalue weighted by Gasteiger charge is -2.37. The molecule has 2 fully saturated rings. The standard InChI is InChI=1S/C34H52N6O11/c1-3-4-5-6-7-9-19-11-13-20(14-12-19)37-22(41)10-8-16-39(2)24(31(36)47)29(51-33-28(46)25(43)21(18-35)49-33)30-26(44)27(45)32(50-30)40-17-15-23(42)38-34(40)48/h11-15,17,21,24-30,32-33,43-46H,3-10,16,18,35H2,1-2H3,(H2,36,47)(H,37,41)(H,38,42,48). The third-order valence-electron chi connectivity index (χ3n) is 9.37. The number of H-pyrrole nitrogens is 1. The number of nitrogens with one attached hydrogen (secondary N) is 2. The zero-order chi connectivity index (χ0) is 37.2. The SMILES string of the molecule is CCCCCCCc1ccc(NC(=O)CCCN(C)C(C(N)=O)C(OC2OC(CN)C(O)C2O)C2OC(n3ccc(=O)[nH]c3=O)C(O)C2O)cc1. The lowest BCUT2D eigenvalue weighted by atomic mass is 9.97. The van der Waals surface area contributed by atoms with Crippen LogP contribution in [-0.2, 0) is 30.2 Å². The van der Waals surface area contributed by atoms with Crippen LogP contribution in [0.1, 0.15) is 63.7 Å². The molecule has 2 saturated heterocycles. The Morgan fingerprint density at radius 3 is 2.31 bits per heavy atom. The highest BCUT2D eigenvalue weighted by Gasteiger charge is 2.54. The molecule has 2 aromatic rings. The summed E-state index contributed by atoms with van der Waals surface area (Å²) in [5, 5.41) is 46.0. The predicted octanol–water partition coefficient (Wildman–Crippen LogP) is -1.34. The number of ether oxygens (including phenoxy) is 3. The van der Waals surface area contributed by atoms with Crippen LogP contribution in [0.15, 0.2) is 46.1 Å². The van der Waals surface area contributed by atoms with Crippen LogP contribution in [-0.4, -0.2) is 122 Å². The van der Waals surface area contributed by atoms with E-state index in [2.05, 4.69) is 12.2 Å². The summed E-state index contributed by atoms with van der Waals surface area (Å²) < 4.78 is 18.4. The van der Waals surface area contributed by atoms with Gasteiger partial charge in [-0.05, 0) is 50.6 Å². The second-order valence-corrected chi connectivity index (χ2v) is 13.2. The van der Waals surface area contributed by atoms with Crippen molar-refractivity contribution < 1.29 is 44.2 Å². The van der Waals surface area contributed by atoms with Crippen molar-refractivity contribution >= 4 is 17.5 Å². The van der Waals surface area contributed by atoms with E-state index in [1.807, 2.05) is 29.2 Å². The van der Waals surface area contributed by atoms with E-state index in [0.717, 1.165) is 29.7 Å². The fourth-order valence-corrected chi connectivity index (χ4v) is 6.49. The molecule has 0 saturated carbocycles. The lowest BCUT2D eigenvalue weighted by molar-refractivity contribution is -0.232. The van der Waals surface area contributed by atoms with Crippen LogP contribution in [0.3, 0.4) is 0 Å². The van der Waals surface area contributed by atoms with Crippen LogP contribution in [0, 0.1) is 0 Å². The number of aliphatic hydroxyl groups excluding tert-OH is 4. The maximum absolute atomic E-state index is 13.0. The van der Waals surface area contributed by atoms with Gasteiger partial charge >= 0.3 is 5.69 Å². The normalized spacial score (nSPS) is 27.5. The highest BCUT2D eigenvalue weighted by Crippen LogP contribution is 2.35. The van der Waals surface area contributed by atoms with Crippen molar-refractivity contribution in [1.29, 1.82) is 0 Å². The van der Waals surface area contributed by atoms with Crippen molar-refractivity contribution in [2.24, 2.45) is 11.5 Å². The van der Waals surface area contributed by atoms with Crippen molar-refractivity contribution in [2.75, 3.05) is 25.5 Å². The minimum Gasteiger partial charge on any atom is -0.387 e. The number of hydrogen-bond donors (Lipinski definition) is 8. The molecular weight excluding hydrogens is 668 g/mol. The average Bonchev–Trinajstić information content (AvgIpc) is 3.53. The highest BCUT2D eigenvalue weighted by molar-refractivity contribution is 5.90. The van der Waals surface area contributed by atoms with Gasteiger partial charge in [0.2, 0.25) is 11.8 Å². The number of aromatic nitrogens is 2. The second kappa shape index (κ2) is 18.8. The van der Waals surface area contributed by atoms with E-state index >= 15 is 0 Å². The van der Waals surface area contributed by atoms with Gasteiger partial charge in [0.05, 0.1) is 0 Å². The number of carbonyl (C=O) groups is 2. The van der Waals surface area contributed by atoms with Crippen molar-refractivity contribution in [1.82, 2.24) is 14.5 Å². The van der Waals surface area contributed by atoms with E-state index in [0.29, 0.717) is 5.69 Å². The first-order valence-electron chi connectivity index (χ1n) is 17.4. The molecule has 17 nitrogen and oxygen atoms in total.